The van der Waals surface area contributed by atoms with Crippen molar-refractivity contribution in [2.24, 2.45) is 0 Å². The van der Waals surface area contributed by atoms with Gasteiger partial charge in [0, 0.05) is 5.69 Å². The molecule has 19 heavy (non-hydrogen) atoms. The molecule has 4 nitrogen and oxygen atoms in total. The monoisotopic (exact) mass is 280 g/mol. The van der Waals surface area contributed by atoms with Crippen molar-refractivity contribution in [1.29, 1.82) is 0 Å². The number of hydrogen-bond donors (Lipinski definition) is 2. The maximum Gasteiger partial charge on any atom is 0.257 e. The van der Waals surface area contributed by atoms with Gasteiger partial charge >= 0.3 is 0 Å². The molecule has 0 unspecified atom stereocenters. The molecule has 0 amide bonds. The third-order valence-electron chi connectivity index (χ3n) is 2.51. The molecule has 0 aromatic heterocycles. The minimum atomic E-state index is -3.64. The first kappa shape index (κ1) is 13.5. The van der Waals surface area contributed by atoms with Gasteiger partial charge in [-0.05, 0) is 43.3 Å². The van der Waals surface area contributed by atoms with Gasteiger partial charge in [0.05, 0.1) is 4.90 Å². The first-order valence-corrected chi connectivity index (χ1v) is 7.06. The Morgan fingerprint density at radius 1 is 0.947 bits per heavy atom. The Hall–Kier alpha value is -1.92. The number of anilines is 1. The Balaban J connectivity index is 2.09. The second-order valence-electron chi connectivity index (χ2n) is 4.05. The lowest BCUT2D eigenvalue weighted by atomic mass is 10.2. The van der Waals surface area contributed by atoms with Crippen molar-refractivity contribution < 1.29 is 12.8 Å². The molecule has 2 rings (SSSR count). The summed E-state index contributed by atoms with van der Waals surface area (Å²) in [6.45, 7) is 1.88. The highest BCUT2D eigenvalue weighted by molar-refractivity contribution is 7.89. The molecule has 0 radical (unpaired) electrons. The lowest BCUT2D eigenvalue weighted by molar-refractivity contribution is 0.587. The van der Waals surface area contributed by atoms with E-state index in [4.69, 9.17) is 0 Å². The molecule has 100 valence electrons. The average Bonchev–Trinajstić information content (AvgIpc) is 2.39. The number of hydrazine groups is 1. The molecule has 2 aromatic rings. The van der Waals surface area contributed by atoms with Crippen LogP contribution in [0.1, 0.15) is 5.56 Å². The predicted octanol–water partition coefficient (Wildman–Crippen LogP) is 2.44. The van der Waals surface area contributed by atoms with E-state index in [2.05, 4.69) is 10.3 Å². The highest BCUT2D eigenvalue weighted by atomic mass is 32.2. The molecule has 0 aliphatic carbocycles. The fourth-order valence-electron chi connectivity index (χ4n) is 1.44. The molecular weight excluding hydrogens is 267 g/mol. The molecule has 0 saturated carbocycles. The molecule has 0 aliphatic heterocycles. The summed E-state index contributed by atoms with van der Waals surface area (Å²) >= 11 is 0. The van der Waals surface area contributed by atoms with E-state index < -0.39 is 10.0 Å². The van der Waals surface area contributed by atoms with Crippen LogP contribution in [0.15, 0.2) is 53.4 Å². The van der Waals surface area contributed by atoms with E-state index in [0.29, 0.717) is 5.69 Å². The second kappa shape index (κ2) is 5.38. The summed E-state index contributed by atoms with van der Waals surface area (Å²) in [4.78, 5) is 2.39. The van der Waals surface area contributed by atoms with Crippen LogP contribution in [-0.4, -0.2) is 8.42 Å². The van der Waals surface area contributed by atoms with Crippen molar-refractivity contribution in [3.8, 4) is 0 Å². The molecule has 0 saturated heterocycles. The van der Waals surface area contributed by atoms with E-state index >= 15 is 0 Å². The molecule has 0 atom stereocenters. The van der Waals surface area contributed by atoms with Crippen LogP contribution in [0.25, 0.3) is 0 Å². The molecule has 2 aromatic carbocycles. The summed E-state index contributed by atoms with van der Waals surface area (Å²) in [5, 5.41) is 0. The highest BCUT2D eigenvalue weighted by Gasteiger charge is 2.12. The van der Waals surface area contributed by atoms with Gasteiger partial charge in [-0.15, -0.1) is 4.83 Å². The van der Waals surface area contributed by atoms with E-state index in [1.165, 1.54) is 36.4 Å². The second-order valence-corrected chi connectivity index (χ2v) is 5.73. The highest BCUT2D eigenvalue weighted by Crippen LogP contribution is 2.11. The maximum atomic E-state index is 12.7. The number of benzene rings is 2. The minimum Gasteiger partial charge on any atom is -0.308 e. The van der Waals surface area contributed by atoms with Crippen LogP contribution in [0, 0.1) is 12.7 Å². The lowest BCUT2D eigenvalue weighted by Crippen LogP contribution is -2.29. The summed E-state index contributed by atoms with van der Waals surface area (Å²) in [5.41, 5.74) is 3.95. The van der Waals surface area contributed by atoms with Crippen molar-refractivity contribution >= 4 is 15.7 Å². The first-order valence-electron chi connectivity index (χ1n) is 5.57. The van der Waals surface area contributed by atoms with Gasteiger partial charge in [-0.3, -0.25) is 0 Å². The Kier molecular flexibility index (Phi) is 3.82. The number of rotatable bonds is 4. The Bertz CT molecular complexity index is 652. The molecule has 6 heteroatoms. The fourth-order valence-corrected chi connectivity index (χ4v) is 2.30. The average molecular weight is 280 g/mol. The summed E-state index contributed by atoms with van der Waals surface area (Å²) in [7, 11) is -3.64. The summed E-state index contributed by atoms with van der Waals surface area (Å²) < 4.78 is 36.6. The van der Waals surface area contributed by atoms with Crippen molar-refractivity contribution in [3.05, 3.63) is 59.9 Å². The quantitative estimate of drug-likeness (QED) is 0.846. The fraction of sp³-hybridized carbons (Fsp3) is 0.0769. The zero-order valence-corrected chi connectivity index (χ0v) is 11.0. The van der Waals surface area contributed by atoms with E-state index in [1.807, 2.05) is 6.92 Å². The number of halogens is 1. The van der Waals surface area contributed by atoms with Gasteiger partial charge in [0.1, 0.15) is 5.82 Å². The van der Waals surface area contributed by atoms with Gasteiger partial charge in [-0.25, -0.2) is 12.8 Å². The minimum absolute atomic E-state index is 0.160. The van der Waals surface area contributed by atoms with Crippen molar-refractivity contribution in [2.75, 3.05) is 5.43 Å². The van der Waals surface area contributed by atoms with Gasteiger partial charge in [0.25, 0.3) is 10.0 Å². The van der Waals surface area contributed by atoms with Gasteiger partial charge in [-0.1, -0.05) is 17.7 Å². The largest absolute Gasteiger partial charge is 0.308 e. The number of sulfonamides is 1. The molecule has 0 bridgehead atoms. The van der Waals surface area contributed by atoms with Crippen LogP contribution in [-0.2, 0) is 10.0 Å². The van der Waals surface area contributed by atoms with Gasteiger partial charge in [0.15, 0.2) is 0 Å². The third-order valence-corrected chi connectivity index (χ3v) is 3.77. The molecule has 2 N–H and O–H groups in total. The zero-order valence-electron chi connectivity index (χ0n) is 10.2. The van der Waals surface area contributed by atoms with E-state index in [9.17, 15) is 12.8 Å². The molecule has 0 fully saturated rings. The standard InChI is InChI=1S/C13H13FN2O2S/c1-10-2-8-13(9-3-10)19(17,18)16-15-12-6-4-11(14)5-7-12/h2-9,15-16H,1H3. The van der Waals surface area contributed by atoms with Gasteiger partial charge in [-0.2, -0.15) is 0 Å². The predicted molar refractivity (Wildman–Crippen MR) is 71.5 cm³/mol. The van der Waals surface area contributed by atoms with Crippen LogP contribution >= 0.6 is 0 Å². The SMILES string of the molecule is Cc1ccc(S(=O)(=O)NNc2ccc(F)cc2)cc1. The van der Waals surface area contributed by atoms with Crippen molar-refractivity contribution in [3.63, 3.8) is 0 Å². The van der Waals surface area contributed by atoms with Crippen LogP contribution < -0.4 is 10.3 Å². The number of hydrogen-bond acceptors (Lipinski definition) is 3. The Morgan fingerprint density at radius 3 is 2.11 bits per heavy atom. The van der Waals surface area contributed by atoms with Gasteiger partial charge in [0.2, 0.25) is 0 Å². The summed E-state index contributed by atoms with van der Waals surface area (Å²) in [5.74, 6) is -0.382. The smallest absolute Gasteiger partial charge is 0.257 e. The molecule has 0 heterocycles. The van der Waals surface area contributed by atoms with E-state index in [-0.39, 0.29) is 10.7 Å². The van der Waals surface area contributed by atoms with E-state index in [1.54, 1.807) is 12.1 Å². The molecule has 0 aliphatic rings. The maximum absolute atomic E-state index is 12.7. The van der Waals surface area contributed by atoms with Crippen molar-refractivity contribution in [1.82, 2.24) is 4.83 Å². The van der Waals surface area contributed by atoms with Crippen LogP contribution in [0.2, 0.25) is 0 Å². The normalized spacial score (nSPS) is 11.3. The topological polar surface area (TPSA) is 58.2 Å². The van der Waals surface area contributed by atoms with Crippen LogP contribution in [0.5, 0.6) is 0 Å². The molecule has 0 spiro atoms. The number of nitrogens with one attached hydrogen (secondary N) is 2. The zero-order chi connectivity index (χ0) is 13.9. The number of aryl methyl sites for hydroxylation is 1. The van der Waals surface area contributed by atoms with Crippen molar-refractivity contribution in [2.45, 2.75) is 11.8 Å². The van der Waals surface area contributed by atoms with Gasteiger partial charge < -0.3 is 5.43 Å². The Labute approximate surface area is 111 Å². The third kappa shape index (κ3) is 3.52. The first-order chi connectivity index (χ1) is 8.97. The van der Waals surface area contributed by atoms with Crippen LogP contribution in [0.4, 0.5) is 10.1 Å². The Morgan fingerprint density at radius 2 is 1.53 bits per heavy atom. The lowest BCUT2D eigenvalue weighted by Gasteiger charge is -2.09. The summed E-state index contributed by atoms with van der Waals surface area (Å²) in [6, 6.07) is 11.8. The summed E-state index contributed by atoms with van der Waals surface area (Å²) in [6.07, 6.45) is 0. The van der Waals surface area contributed by atoms with Crippen LogP contribution in [0.3, 0.4) is 0 Å². The molecular formula is C13H13FN2O2S. The van der Waals surface area contributed by atoms with E-state index in [0.717, 1.165) is 5.56 Å².